The van der Waals surface area contributed by atoms with Crippen molar-refractivity contribution >= 4 is 28.6 Å². The maximum Gasteiger partial charge on any atom is 0.387 e. The molecule has 6 nitrogen and oxygen atoms in total. The SMILES string of the molecule is O=C(CSc1nc2ccccc2c(=O)n1-c1ccc(OC(F)F)cc1)NC1CCCCC1. The van der Waals surface area contributed by atoms with Gasteiger partial charge in [0.15, 0.2) is 5.16 Å². The molecule has 4 rings (SSSR count). The van der Waals surface area contributed by atoms with Crippen LogP contribution < -0.4 is 15.6 Å². The Kier molecular flexibility index (Phi) is 7.04. The van der Waals surface area contributed by atoms with E-state index in [0.717, 1.165) is 25.7 Å². The fraction of sp³-hybridized carbons (Fsp3) is 0.348. The standard InChI is InChI=1S/C23H23F2N3O3S/c24-22(25)31-17-12-10-16(11-13-17)28-21(30)18-8-4-5-9-19(18)27-23(28)32-14-20(29)26-15-6-2-1-3-7-15/h4-5,8-13,15,22H,1-3,6-7,14H2,(H,26,29). The number of hydrogen-bond donors (Lipinski definition) is 1. The minimum Gasteiger partial charge on any atom is -0.435 e. The van der Waals surface area contributed by atoms with E-state index in [2.05, 4.69) is 15.0 Å². The highest BCUT2D eigenvalue weighted by atomic mass is 32.2. The van der Waals surface area contributed by atoms with Crippen molar-refractivity contribution in [3.63, 3.8) is 0 Å². The fourth-order valence-corrected chi connectivity index (χ4v) is 4.68. The van der Waals surface area contributed by atoms with Crippen LogP contribution in [0.15, 0.2) is 58.5 Å². The van der Waals surface area contributed by atoms with Crippen LogP contribution in [0.25, 0.3) is 16.6 Å². The van der Waals surface area contributed by atoms with E-state index in [0.29, 0.717) is 21.7 Å². The van der Waals surface area contributed by atoms with E-state index in [9.17, 15) is 18.4 Å². The summed E-state index contributed by atoms with van der Waals surface area (Å²) in [6, 6.07) is 12.9. The molecule has 0 spiro atoms. The number of fused-ring (bicyclic) bond motifs is 1. The zero-order valence-corrected chi connectivity index (χ0v) is 18.1. The lowest BCUT2D eigenvalue weighted by Gasteiger charge is -2.22. The van der Waals surface area contributed by atoms with Crippen molar-refractivity contribution in [2.24, 2.45) is 0 Å². The average Bonchev–Trinajstić information content (AvgIpc) is 2.79. The minimum atomic E-state index is -2.93. The number of rotatable bonds is 7. The molecule has 1 aromatic heterocycles. The van der Waals surface area contributed by atoms with Gasteiger partial charge in [-0.05, 0) is 49.2 Å². The van der Waals surface area contributed by atoms with Crippen molar-refractivity contribution in [1.29, 1.82) is 0 Å². The molecule has 0 saturated heterocycles. The van der Waals surface area contributed by atoms with E-state index in [4.69, 9.17) is 0 Å². The monoisotopic (exact) mass is 459 g/mol. The van der Waals surface area contributed by atoms with Crippen molar-refractivity contribution in [3.8, 4) is 11.4 Å². The highest BCUT2D eigenvalue weighted by molar-refractivity contribution is 7.99. The van der Waals surface area contributed by atoms with Gasteiger partial charge in [-0.3, -0.25) is 14.2 Å². The molecule has 1 N–H and O–H groups in total. The number of para-hydroxylation sites is 1. The number of hydrogen-bond acceptors (Lipinski definition) is 5. The molecular formula is C23H23F2N3O3S. The molecular weight excluding hydrogens is 436 g/mol. The molecule has 2 aromatic carbocycles. The lowest BCUT2D eigenvalue weighted by atomic mass is 9.95. The van der Waals surface area contributed by atoms with E-state index in [1.807, 2.05) is 0 Å². The van der Waals surface area contributed by atoms with E-state index >= 15 is 0 Å². The van der Waals surface area contributed by atoms with E-state index in [1.54, 1.807) is 24.3 Å². The predicted molar refractivity (Wildman–Crippen MR) is 120 cm³/mol. The number of carbonyl (C=O) groups excluding carboxylic acids is 1. The number of ether oxygens (including phenoxy) is 1. The van der Waals surface area contributed by atoms with Gasteiger partial charge in [-0.1, -0.05) is 43.2 Å². The number of amides is 1. The first-order chi connectivity index (χ1) is 15.5. The van der Waals surface area contributed by atoms with Gasteiger partial charge in [0.2, 0.25) is 5.91 Å². The van der Waals surface area contributed by atoms with Crippen LogP contribution in [0.3, 0.4) is 0 Å². The summed E-state index contributed by atoms with van der Waals surface area (Å²) in [4.78, 5) is 30.3. The summed E-state index contributed by atoms with van der Waals surface area (Å²) >= 11 is 1.17. The second kappa shape index (κ2) is 10.1. The minimum absolute atomic E-state index is 0.00777. The Morgan fingerprint density at radius 1 is 1.12 bits per heavy atom. The predicted octanol–water partition coefficient (Wildman–Crippen LogP) is 4.53. The van der Waals surface area contributed by atoms with Crippen LogP contribution >= 0.6 is 11.8 Å². The maximum absolute atomic E-state index is 13.2. The first-order valence-corrected chi connectivity index (χ1v) is 11.5. The molecule has 0 unspecified atom stereocenters. The first-order valence-electron chi connectivity index (χ1n) is 10.5. The first kappa shape index (κ1) is 22.3. The molecule has 1 fully saturated rings. The maximum atomic E-state index is 13.2. The van der Waals surface area contributed by atoms with E-state index in [1.165, 1.54) is 47.0 Å². The van der Waals surface area contributed by atoms with Crippen LogP contribution in [0.5, 0.6) is 5.75 Å². The number of halogens is 2. The van der Waals surface area contributed by atoms with Gasteiger partial charge in [-0.25, -0.2) is 4.98 Å². The summed E-state index contributed by atoms with van der Waals surface area (Å²) in [5, 5.41) is 3.85. The van der Waals surface area contributed by atoms with Crippen molar-refractivity contribution in [1.82, 2.24) is 14.9 Å². The summed E-state index contributed by atoms with van der Waals surface area (Å²) in [6.07, 6.45) is 5.42. The number of aromatic nitrogens is 2. The van der Waals surface area contributed by atoms with Gasteiger partial charge < -0.3 is 10.1 Å². The Bertz CT molecular complexity index is 1150. The molecule has 9 heteroatoms. The molecule has 32 heavy (non-hydrogen) atoms. The van der Waals surface area contributed by atoms with Gasteiger partial charge in [0.1, 0.15) is 5.75 Å². The molecule has 0 bridgehead atoms. The number of nitrogens with zero attached hydrogens (tertiary/aromatic N) is 2. The number of alkyl halides is 2. The van der Waals surface area contributed by atoms with Gasteiger partial charge in [-0.15, -0.1) is 0 Å². The van der Waals surface area contributed by atoms with Crippen LogP contribution in [0.4, 0.5) is 8.78 Å². The molecule has 3 aromatic rings. The third-order valence-electron chi connectivity index (χ3n) is 5.37. The Hall–Kier alpha value is -2.94. The molecule has 1 saturated carbocycles. The van der Waals surface area contributed by atoms with Crippen LogP contribution in [-0.4, -0.2) is 33.9 Å². The Balaban J connectivity index is 1.62. The molecule has 0 aliphatic heterocycles. The van der Waals surface area contributed by atoms with Crippen molar-refractivity contribution in [3.05, 3.63) is 58.9 Å². The number of benzene rings is 2. The Morgan fingerprint density at radius 2 is 1.84 bits per heavy atom. The number of thioether (sulfide) groups is 1. The number of nitrogens with one attached hydrogen (secondary N) is 1. The third kappa shape index (κ3) is 5.27. The van der Waals surface area contributed by atoms with E-state index < -0.39 is 6.61 Å². The lowest BCUT2D eigenvalue weighted by Crippen LogP contribution is -2.37. The molecule has 0 radical (unpaired) electrons. The van der Waals surface area contributed by atoms with E-state index in [-0.39, 0.29) is 29.0 Å². The van der Waals surface area contributed by atoms with Gasteiger partial charge >= 0.3 is 6.61 Å². The average molecular weight is 460 g/mol. The summed E-state index contributed by atoms with van der Waals surface area (Å²) in [5.41, 5.74) is 0.681. The van der Waals surface area contributed by atoms with Gasteiger partial charge in [0.05, 0.1) is 22.3 Å². The zero-order chi connectivity index (χ0) is 22.5. The topological polar surface area (TPSA) is 73.2 Å². The second-order valence-electron chi connectivity index (χ2n) is 7.62. The smallest absolute Gasteiger partial charge is 0.387 e. The molecule has 1 amide bonds. The summed E-state index contributed by atoms with van der Waals surface area (Å²) in [6.45, 7) is -2.93. The highest BCUT2D eigenvalue weighted by Gasteiger charge is 2.18. The van der Waals surface area contributed by atoms with Crippen molar-refractivity contribution in [2.45, 2.75) is 49.9 Å². The molecule has 1 heterocycles. The molecule has 1 aliphatic rings. The molecule has 168 valence electrons. The van der Waals surface area contributed by atoms with Gasteiger partial charge in [-0.2, -0.15) is 8.78 Å². The number of carbonyl (C=O) groups is 1. The largest absolute Gasteiger partial charge is 0.435 e. The molecule has 0 atom stereocenters. The summed E-state index contributed by atoms with van der Waals surface area (Å²) in [5.74, 6) is 0.0107. The summed E-state index contributed by atoms with van der Waals surface area (Å²) < 4.78 is 30.7. The van der Waals surface area contributed by atoms with Crippen LogP contribution in [0, 0.1) is 0 Å². The second-order valence-corrected chi connectivity index (χ2v) is 8.56. The summed E-state index contributed by atoms with van der Waals surface area (Å²) in [7, 11) is 0. The Labute approximate surface area is 188 Å². The van der Waals surface area contributed by atoms with Crippen molar-refractivity contribution in [2.75, 3.05) is 5.75 Å². The van der Waals surface area contributed by atoms with Crippen molar-refractivity contribution < 1.29 is 18.3 Å². The Morgan fingerprint density at radius 3 is 2.56 bits per heavy atom. The third-order valence-corrected chi connectivity index (χ3v) is 6.31. The van der Waals surface area contributed by atoms with Gasteiger partial charge in [0, 0.05) is 6.04 Å². The quantitative estimate of drug-likeness (QED) is 0.415. The van der Waals surface area contributed by atoms with Crippen LogP contribution in [0.2, 0.25) is 0 Å². The van der Waals surface area contributed by atoms with Gasteiger partial charge in [0.25, 0.3) is 5.56 Å². The zero-order valence-electron chi connectivity index (χ0n) is 17.3. The fourth-order valence-electron chi connectivity index (χ4n) is 3.86. The van der Waals surface area contributed by atoms with Crippen LogP contribution in [0.1, 0.15) is 32.1 Å². The lowest BCUT2D eigenvalue weighted by molar-refractivity contribution is -0.119. The highest BCUT2D eigenvalue weighted by Crippen LogP contribution is 2.24. The molecule has 1 aliphatic carbocycles. The van der Waals surface area contributed by atoms with Crippen LogP contribution in [-0.2, 0) is 4.79 Å². The normalized spacial score (nSPS) is 14.6.